The van der Waals surface area contributed by atoms with Crippen LogP contribution in [-0.2, 0) is 13.0 Å². The lowest BCUT2D eigenvalue weighted by Crippen LogP contribution is -2.10. The standard InChI is InChI=1S/C16H13F2N3S/c1-10(8-19)9-21-15-7-13(18)12(17)6-14(15)20-16(21)5-11-3-2-4-22-11/h2-4,6-7,10H,5,9H2,1H3. The highest BCUT2D eigenvalue weighted by atomic mass is 32.1. The van der Waals surface area contributed by atoms with E-state index in [0.717, 1.165) is 17.0 Å². The van der Waals surface area contributed by atoms with Gasteiger partial charge in [0.05, 0.1) is 23.0 Å². The number of aromatic nitrogens is 2. The number of hydrogen-bond acceptors (Lipinski definition) is 3. The van der Waals surface area contributed by atoms with E-state index in [1.54, 1.807) is 18.3 Å². The number of hydrogen-bond donors (Lipinski definition) is 0. The first-order valence-electron chi connectivity index (χ1n) is 6.84. The van der Waals surface area contributed by atoms with E-state index in [9.17, 15) is 8.78 Å². The molecular formula is C16H13F2N3S. The van der Waals surface area contributed by atoms with E-state index in [1.165, 1.54) is 0 Å². The number of benzene rings is 1. The second kappa shape index (κ2) is 5.85. The molecule has 0 spiro atoms. The van der Waals surface area contributed by atoms with Crippen LogP contribution in [0.1, 0.15) is 17.6 Å². The van der Waals surface area contributed by atoms with Crippen LogP contribution in [0.4, 0.5) is 8.78 Å². The Kier molecular flexibility index (Phi) is 3.90. The Balaban J connectivity index is 2.12. The normalized spacial score (nSPS) is 12.5. The van der Waals surface area contributed by atoms with Gasteiger partial charge in [-0.2, -0.15) is 5.26 Å². The Morgan fingerprint density at radius 2 is 2.14 bits per heavy atom. The van der Waals surface area contributed by atoms with E-state index in [2.05, 4.69) is 11.1 Å². The summed E-state index contributed by atoms with van der Waals surface area (Å²) < 4.78 is 28.8. The Labute approximate surface area is 130 Å². The third-order valence-electron chi connectivity index (χ3n) is 3.46. The smallest absolute Gasteiger partial charge is 0.161 e. The van der Waals surface area contributed by atoms with Gasteiger partial charge >= 0.3 is 0 Å². The molecule has 1 unspecified atom stereocenters. The molecule has 0 aliphatic rings. The first kappa shape index (κ1) is 14.7. The van der Waals surface area contributed by atoms with Crippen LogP contribution in [0.25, 0.3) is 11.0 Å². The maximum atomic E-state index is 13.6. The van der Waals surface area contributed by atoms with Gasteiger partial charge in [0.15, 0.2) is 11.6 Å². The van der Waals surface area contributed by atoms with Gasteiger partial charge in [-0.25, -0.2) is 13.8 Å². The summed E-state index contributed by atoms with van der Waals surface area (Å²) in [4.78, 5) is 5.54. The number of halogens is 2. The Hall–Kier alpha value is -2.26. The minimum absolute atomic E-state index is 0.243. The predicted octanol–water partition coefficient (Wildman–Crippen LogP) is 4.13. The van der Waals surface area contributed by atoms with Gasteiger partial charge in [-0.3, -0.25) is 0 Å². The molecule has 1 aromatic carbocycles. The molecule has 112 valence electrons. The molecule has 0 fully saturated rings. The monoisotopic (exact) mass is 317 g/mol. The van der Waals surface area contributed by atoms with Crippen LogP contribution in [0.15, 0.2) is 29.6 Å². The molecular weight excluding hydrogens is 304 g/mol. The van der Waals surface area contributed by atoms with Crippen molar-refractivity contribution in [3.8, 4) is 6.07 Å². The van der Waals surface area contributed by atoms with Crippen molar-refractivity contribution >= 4 is 22.4 Å². The van der Waals surface area contributed by atoms with Gasteiger partial charge in [-0.1, -0.05) is 6.07 Å². The molecule has 0 bridgehead atoms. The fourth-order valence-electron chi connectivity index (χ4n) is 2.39. The fraction of sp³-hybridized carbons (Fsp3) is 0.250. The molecule has 3 rings (SSSR count). The molecule has 6 heteroatoms. The fourth-order valence-corrected chi connectivity index (χ4v) is 3.09. The highest BCUT2D eigenvalue weighted by Gasteiger charge is 2.16. The highest BCUT2D eigenvalue weighted by molar-refractivity contribution is 7.09. The SMILES string of the molecule is CC(C#N)Cn1c(Cc2cccs2)nc2cc(F)c(F)cc21. The Morgan fingerprint density at radius 3 is 2.82 bits per heavy atom. The molecule has 3 aromatic rings. The van der Waals surface area contributed by atoms with Crippen LogP contribution in [0.2, 0.25) is 0 Å². The molecule has 0 saturated heterocycles. The number of imidazole rings is 1. The summed E-state index contributed by atoms with van der Waals surface area (Å²) in [6.45, 7) is 2.19. The molecule has 0 radical (unpaired) electrons. The van der Waals surface area contributed by atoms with Gasteiger partial charge in [-0.15, -0.1) is 11.3 Å². The van der Waals surface area contributed by atoms with Crippen LogP contribution in [0, 0.1) is 28.9 Å². The maximum absolute atomic E-state index is 13.6. The van der Waals surface area contributed by atoms with Gasteiger partial charge in [-0.05, 0) is 18.4 Å². The second-order valence-electron chi connectivity index (χ2n) is 5.18. The molecule has 3 nitrogen and oxygen atoms in total. The van der Waals surface area contributed by atoms with Crippen LogP contribution in [-0.4, -0.2) is 9.55 Å². The molecule has 22 heavy (non-hydrogen) atoms. The summed E-state index contributed by atoms with van der Waals surface area (Å²) in [5, 5.41) is 11.0. The summed E-state index contributed by atoms with van der Waals surface area (Å²) >= 11 is 1.60. The van der Waals surface area contributed by atoms with Crippen molar-refractivity contribution < 1.29 is 8.78 Å². The van der Waals surface area contributed by atoms with Crippen molar-refractivity contribution in [3.63, 3.8) is 0 Å². The summed E-state index contributed by atoms with van der Waals surface area (Å²) in [5.41, 5.74) is 0.933. The number of fused-ring (bicyclic) bond motifs is 1. The average molecular weight is 317 g/mol. The summed E-state index contributed by atoms with van der Waals surface area (Å²) in [5.74, 6) is -1.34. The average Bonchev–Trinajstić information content (AvgIpc) is 3.10. The highest BCUT2D eigenvalue weighted by Crippen LogP contribution is 2.24. The minimum Gasteiger partial charge on any atom is -0.326 e. The summed E-state index contributed by atoms with van der Waals surface area (Å²) in [6.07, 6.45) is 0.577. The van der Waals surface area contributed by atoms with Crippen LogP contribution in [0.3, 0.4) is 0 Å². The zero-order valence-corrected chi connectivity index (χ0v) is 12.7. The van der Waals surface area contributed by atoms with E-state index in [1.807, 2.05) is 22.1 Å². The first-order chi connectivity index (χ1) is 10.6. The molecule has 1 atom stereocenters. The summed E-state index contributed by atoms with van der Waals surface area (Å²) in [7, 11) is 0. The topological polar surface area (TPSA) is 41.6 Å². The lowest BCUT2D eigenvalue weighted by Gasteiger charge is -2.10. The molecule has 0 saturated carbocycles. The van der Waals surface area contributed by atoms with Gasteiger partial charge in [0, 0.05) is 30.0 Å². The zero-order chi connectivity index (χ0) is 15.7. The third-order valence-corrected chi connectivity index (χ3v) is 4.34. The molecule has 0 N–H and O–H groups in total. The van der Waals surface area contributed by atoms with Crippen molar-refractivity contribution in [1.29, 1.82) is 5.26 Å². The van der Waals surface area contributed by atoms with Gasteiger partial charge < -0.3 is 4.57 Å². The Bertz CT molecular complexity index is 847. The number of thiophene rings is 1. The number of rotatable bonds is 4. The number of nitrogens with zero attached hydrogens (tertiary/aromatic N) is 3. The molecule has 0 aliphatic carbocycles. The van der Waals surface area contributed by atoms with Gasteiger partial charge in [0.25, 0.3) is 0 Å². The Morgan fingerprint density at radius 1 is 1.36 bits per heavy atom. The minimum atomic E-state index is -0.909. The van der Waals surface area contributed by atoms with Crippen LogP contribution < -0.4 is 0 Å². The van der Waals surface area contributed by atoms with Gasteiger partial charge in [0.2, 0.25) is 0 Å². The molecule has 2 aromatic heterocycles. The maximum Gasteiger partial charge on any atom is 0.161 e. The predicted molar refractivity (Wildman–Crippen MR) is 81.6 cm³/mol. The summed E-state index contributed by atoms with van der Waals surface area (Å²) in [6, 6.07) is 8.36. The second-order valence-corrected chi connectivity index (χ2v) is 6.21. The van der Waals surface area contributed by atoms with Crippen molar-refractivity contribution in [2.45, 2.75) is 19.9 Å². The van der Waals surface area contributed by atoms with E-state index in [-0.39, 0.29) is 5.92 Å². The van der Waals surface area contributed by atoms with E-state index < -0.39 is 11.6 Å². The van der Waals surface area contributed by atoms with Crippen molar-refractivity contribution in [2.24, 2.45) is 5.92 Å². The van der Waals surface area contributed by atoms with Gasteiger partial charge in [0.1, 0.15) is 5.82 Å². The lowest BCUT2D eigenvalue weighted by molar-refractivity contribution is 0.509. The first-order valence-corrected chi connectivity index (χ1v) is 7.72. The zero-order valence-electron chi connectivity index (χ0n) is 11.9. The largest absolute Gasteiger partial charge is 0.326 e. The van der Waals surface area contributed by atoms with E-state index in [0.29, 0.717) is 29.8 Å². The molecule has 2 heterocycles. The van der Waals surface area contributed by atoms with E-state index >= 15 is 0 Å². The van der Waals surface area contributed by atoms with Crippen LogP contribution >= 0.6 is 11.3 Å². The van der Waals surface area contributed by atoms with Crippen molar-refractivity contribution in [3.05, 3.63) is 52.0 Å². The van der Waals surface area contributed by atoms with Crippen molar-refractivity contribution in [2.75, 3.05) is 0 Å². The quantitative estimate of drug-likeness (QED) is 0.726. The van der Waals surface area contributed by atoms with Crippen molar-refractivity contribution in [1.82, 2.24) is 9.55 Å². The number of nitriles is 1. The third kappa shape index (κ3) is 2.72. The van der Waals surface area contributed by atoms with Crippen LogP contribution in [0.5, 0.6) is 0 Å². The molecule has 0 amide bonds. The molecule has 0 aliphatic heterocycles. The van der Waals surface area contributed by atoms with E-state index in [4.69, 9.17) is 5.26 Å². The lowest BCUT2D eigenvalue weighted by atomic mass is 10.2.